The Morgan fingerprint density at radius 3 is 2.62 bits per heavy atom. The molecule has 1 aliphatic rings. The van der Waals surface area contributed by atoms with Crippen LogP contribution in [0.5, 0.6) is 0 Å². The van der Waals surface area contributed by atoms with Gasteiger partial charge in [0.2, 0.25) is 5.91 Å². The minimum absolute atomic E-state index is 0.169. The van der Waals surface area contributed by atoms with Gasteiger partial charge in [0.1, 0.15) is 6.04 Å². The van der Waals surface area contributed by atoms with Crippen LogP contribution in [0.15, 0.2) is 30.3 Å². The predicted molar refractivity (Wildman–Crippen MR) is 86.8 cm³/mol. The van der Waals surface area contributed by atoms with E-state index in [0.717, 1.165) is 12.1 Å². The second kappa shape index (κ2) is 7.08. The lowest BCUT2D eigenvalue weighted by atomic mass is 9.86. The molecule has 1 N–H and O–H groups in total. The van der Waals surface area contributed by atoms with Crippen LogP contribution < -0.4 is 5.32 Å². The zero-order chi connectivity index (χ0) is 15.3. The van der Waals surface area contributed by atoms with Gasteiger partial charge in [-0.1, -0.05) is 70.4 Å². The van der Waals surface area contributed by atoms with Crippen molar-refractivity contribution < 1.29 is 4.79 Å². The largest absolute Gasteiger partial charge is 0.328 e. The number of carbonyl (C=O) groups excluding carboxylic acids is 1. The molecule has 1 aromatic carbocycles. The molecule has 1 amide bonds. The molecular weight excluding hydrogens is 260 g/mol. The number of amides is 1. The Hall–Kier alpha value is -1.35. The van der Waals surface area contributed by atoms with Crippen LogP contribution in [-0.2, 0) is 4.79 Å². The highest BCUT2D eigenvalue weighted by molar-refractivity contribution is 5.85. The Kier molecular flexibility index (Phi) is 5.40. The number of hydrogen-bond acceptors (Lipinski definition) is 2. The topological polar surface area (TPSA) is 32.3 Å². The van der Waals surface area contributed by atoms with E-state index < -0.39 is 0 Å². The molecule has 1 heterocycles. The summed E-state index contributed by atoms with van der Waals surface area (Å²) >= 11 is 0. The molecule has 1 unspecified atom stereocenters. The van der Waals surface area contributed by atoms with Gasteiger partial charge in [0.15, 0.2) is 0 Å². The monoisotopic (exact) mass is 288 g/mol. The van der Waals surface area contributed by atoms with Crippen molar-refractivity contribution in [3.05, 3.63) is 35.9 Å². The Balaban J connectivity index is 1.92. The van der Waals surface area contributed by atoms with Gasteiger partial charge in [0.25, 0.3) is 0 Å². The number of unbranched alkanes of at least 4 members (excludes halogenated alkanes) is 2. The number of nitrogens with one attached hydrogen (secondary N) is 1. The van der Waals surface area contributed by atoms with Gasteiger partial charge in [-0.3, -0.25) is 10.1 Å². The van der Waals surface area contributed by atoms with Gasteiger partial charge in [0, 0.05) is 6.54 Å². The van der Waals surface area contributed by atoms with Crippen molar-refractivity contribution in [3.8, 4) is 0 Å². The van der Waals surface area contributed by atoms with Crippen molar-refractivity contribution in [2.45, 2.75) is 52.5 Å². The van der Waals surface area contributed by atoms with Gasteiger partial charge in [-0.2, -0.15) is 0 Å². The van der Waals surface area contributed by atoms with Crippen LogP contribution in [0.2, 0.25) is 0 Å². The van der Waals surface area contributed by atoms with Gasteiger partial charge < -0.3 is 4.90 Å². The zero-order valence-corrected chi connectivity index (χ0v) is 13.6. The average Bonchev–Trinajstić information content (AvgIpc) is 2.81. The van der Waals surface area contributed by atoms with Crippen LogP contribution in [-0.4, -0.2) is 24.0 Å². The number of hydrogen-bond donors (Lipinski definition) is 1. The average molecular weight is 288 g/mol. The molecule has 0 spiro atoms. The van der Waals surface area contributed by atoms with Gasteiger partial charge >= 0.3 is 0 Å². The molecule has 0 bridgehead atoms. The van der Waals surface area contributed by atoms with Crippen LogP contribution >= 0.6 is 0 Å². The van der Waals surface area contributed by atoms with Crippen molar-refractivity contribution in [3.63, 3.8) is 0 Å². The molecule has 2 rings (SSSR count). The first-order valence-corrected chi connectivity index (χ1v) is 8.10. The molecule has 0 saturated carbocycles. The minimum atomic E-state index is -0.169. The second-order valence-corrected chi connectivity index (χ2v) is 6.86. The number of benzene rings is 1. The van der Waals surface area contributed by atoms with Crippen LogP contribution in [0.4, 0.5) is 0 Å². The Morgan fingerprint density at radius 1 is 1.24 bits per heavy atom. The highest BCUT2D eigenvalue weighted by Gasteiger charge is 2.34. The molecule has 0 aromatic heterocycles. The van der Waals surface area contributed by atoms with Crippen LogP contribution in [0.3, 0.4) is 0 Å². The summed E-state index contributed by atoms with van der Waals surface area (Å²) in [6.45, 7) is 8.27. The van der Waals surface area contributed by atoms with Gasteiger partial charge in [-0.25, -0.2) is 0 Å². The summed E-state index contributed by atoms with van der Waals surface area (Å²) in [5, 5.41) is 3.34. The quantitative estimate of drug-likeness (QED) is 0.775. The maximum atomic E-state index is 12.6. The van der Waals surface area contributed by atoms with Crippen LogP contribution in [0.1, 0.15) is 58.1 Å². The fourth-order valence-electron chi connectivity index (χ4n) is 3.04. The third-order valence-electron chi connectivity index (χ3n) is 4.25. The van der Waals surface area contributed by atoms with Gasteiger partial charge in [-0.15, -0.1) is 0 Å². The van der Waals surface area contributed by atoms with E-state index in [4.69, 9.17) is 0 Å². The summed E-state index contributed by atoms with van der Waals surface area (Å²) in [6, 6.07) is 9.83. The van der Waals surface area contributed by atoms with E-state index in [1.807, 2.05) is 35.2 Å². The lowest BCUT2D eigenvalue weighted by Crippen LogP contribution is -2.36. The maximum Gasteiger partial charge on any atom is 0.245 e. The van der Waals surface area contributed by atoms with Crippen LogP contribution in [0.25, 0.3) is 0 Å². The van der Waals surface area contributed by atoms with Crippen molar-refractivity contribution in [2.75, 3.05) is 13.2 Å². The Morgan fingerprint density at radius 2 is 1.95 bits per heavy atom. The first-order chi connectivity index (χ1) is 10.0. The number of nitrogens with zero attached hydrogens (tertiary/aromatic N) is 1. The predicted octanol–water partition coefficient (Wildman–Crippen LogP) is 3.72. The third kappa shape index (κ3) is 4.31. The molecule has 1 aromatic rings. The highest BCUT2D eigenvalue weighted by atomic mass is 16.2. The molecule has 0 radical (unpaired) electrons. The molecular formula is C18H28N2O. The SMILES string of the molecule is CCCCCC(C)(C)CN1CNC(c2ccccc2)C1=O. The molecule has 1 aliphatic heterocycles. The third-order valence-corrected chi connectivity index (χ3v) is 4.25. The lowest BCUT2D eigenvalue weighted by Gasteiger charge is -2.30. The van der Waals surface area contributed by atoms with E-state index >= 15 is 0 Å². The van der Waals surface area contributed by atoms with Gasteiger partial charge in [0.05, 0.1) is 6.67 Å². The highest BCUT2D eigenvalue weighted by Crippen LogP contribution is 2.28. The van der Waals surface area contributed by atoms with E-state index in [1.54, 1.807) is 0 Å². The normalized spacial score (nSPS) is 19.3. The second-order valence-electron chi connectivity index (χ2n) is 6.86. The van der Waals surface area contributed by atoms with E-state index in [-0.39, 0.29) is 17.4 Å². The minimum Gasteiger partial charge on any atom is -0.328 e. The summed E-state index contributed by atoms with van der Waals surface area (Å²) in [4.78, 5) is 14.6. The van der Waals surface area contributed by atoms with Crippen molar-refractivity contribution >= 4 is 5.91 Å². The van der Waals surface area contributed by atoms with Gasteiger partial charge in [-0.05, 0) is 17.4 Å². The Bertz CT molecular complexity index is 456. The molecule has 1 fully saturated rings. The molecule has 21 heavy (non-hydrogen) atoms. The summed E-state index contributed by atoms with van der Waals surface area (Å²) in [5.41, 5.74) is 1.26. The van der Waals surface area contributed by atoms with E-state index in [0.29, 0.717) is 6.67 Å². The molecule has 1 atom stereocenters. The lowest BCUT2D eigenvalue weighted by molar-refractivity contribution is -0.130. The van der Waals surface area contributed by atoms with Crippen molar-refractivity contribution in [1.29, 1.82) is 0 Å². The fourth-order valence-corrected chi connectivity index (χ4v) is 3.04. The Labute approximate surface area is 128 Å². The molecule has 1 saturated heterocycles. The molecule has 116 valence electrons. The first kappa shape index (κ1) is 16.0. The maximum absolute atomic E-state index is 12.6. The summed E-state index contributed by atoms with van der Waals surface area (Å²) in [5.74, 6) is 0.213. The fraction of sp³-hybridized carbons (Fsp3) is 0.611. The molecule has 3 heteroatoms. The number of carbonyl (C=O) groups is 1. The van der Waals surface area contributed by atoms with E-state index in [1.165, 1.54) is 25.7 Å². The summed E-state index contributed by atoms with van der Waals surface area (Å²) < 4.78 is 0. The summed E-state index contributed by atoms with van der Waals surface area (Å²) in [6.07, 6.45) is 4.96. The molecule has 0 aliphatic carbocycles. The smallest absolute Gasteiger partial charge is 0.245 e. The van der Waals surface area contributed by atoms with E-state index in [2.05, 4.69) is 26.1 Å². The summed E-state index contributed by atoms with van der Waals surface area (Å²) in [7, 11) is 0. The number of rotatable bonds is 7. The van der Waals surface area contributed by atoms with Crippen molar-refractivity contribution in [2.24, 2.45) is 5.41 Å². The van der Waals surface area contributed by atoms with Crippen LogP contribution in [0, 0.1) is 5.41 Å². The molecule has 3 nitrogen and oxygen atoms in total. The zero-order valence-electron chi connectivity index (χ0n) is 13.6. The first-order valence-electron chi connectivity index (χ1n) is 8.10. The standard InChI is InChI=1S/C18H28N2O/c1-4-5-9-12-18(2,3)13-20-14-19-16(17(20)21)15-10-7-6-8-11-15/h6-8,10-11,16,19H,4-5,9,12-14H2,1-3H3. The van der Waals surface area contributed by atoms with Crippen molar-refractivity contribution in [1.82, 2.24) is 10.2 Å². The van der Waals surface area contributed by atoms with E-state index in [9.17, 15) is 4.79 Å².